The van der Waals surface area contributed by atoms with Crippen molar-refractivity contribution in [3.8, 4) is 5.75 Å². The molecule has 3 nitrogen and oxygen atoms in total. The van der Waals surface area contributed by atoms with Gasteiger partial charge >= 0.3 is 0 Å². The highest BCUT2D eigenvalue weighted by Gasteiger charge is 2.35. The molecule has 6 heteroatoms. The molecule has 3 aromatic carbocycles. The van der Waals surface area contributed by atoms with Gasteiger partial charge in [0.25, 0.3) is 0 Å². The van der Waals surface area contributed by atoms with Crippen molar-refractivity contribution in [3.05, 3.63) is 86.4 Å². The highest BCUT2D eigenvalue weighted by molar-refractivity contribution is 6.41. The van der Waals surface area contributed by atoms with Gasteiger partial charge in [-0.15, -0.1) is 0 Å². The molecule has 0 fully saturated rings. The molecular weight excluding hydrogens is 417 g/mol. The number of ketones is 1. The molecule has 2 aliphatic carbocycles. The number of carbonyl (C=O) groups excluding carboxylic acids is 1. The molecule has 2 aliphatic rings. The van der Waals surface area contributed by atoms with Gasteiger partial charge in [-0.2, -0.15) is 0 Å². The van der Waals surface area contributed by atoms with Gasteiger partial charge in [0.15, 0.2) is 5.78 Å². The average molecular weight is 429 g/mol. The summed E-state index contributed by atoms with van der Waals surface area (Å²) in [5.41, 5.74) is 3.22. The topological polar surface area (TPSA) is 49.3 Å². The van der Waals surface area contributed by atoms with Gasteiger partial charge in [-0.25, -0.2) is 0 Å². The smallest absolute Gasteiger partial charge is 0.188 e. The van der Waals surface area contributed by atoms with Crippen molar-refractivity contribution in [1.29, 1.82) is 0 Å². The van der Waals surface area contributed by atoms with Gasteiger partial charge in [0.2, 0.25) is 0 Å². The number of para-hydroxylation sites is 1. The molecule has 0 saturated carbocycles. The SMILES string of the molecule is O=C1C=C(Cl)[C@@H]2C=C(Nc3ccccc3)c3c(O)cc(Cl)c4cc(Cl)c1c2c34. The fraction of sp³-hybridized carbons (Fsp3) is 0.0455. The molecule has 138 valence electrons. The number of benzene rings is 3. The van der Waals surface area contributed by atoms with E-state index in [9.17, 15) is 9.90 Å². The number of allylic oxidation sites excluding steroid dienone is 3. The van der Waals surface area contributed by atoms with E-state index < -0.39 is 0 Å². The first-order chi connectivity index (χ1) is 13.5. The van der Waals surface area contributed by atoms with Gasteiger partial charge in [-0.3, -0.25) is 4.79 Å². The monoisotopic (exact) mass is 427 g/mol. The van der Waals surface area contributed by atoms with Crippen LogP contribution in [0.15, 0.2) is 59.6 Å². The summed E-state index contributed by atoms with van der Waals surface area (Å²) in [6, 6.07) is 12.8. The molecule has 0 amide bonds. The normalized spacial score (nSPS) is 17.4. The van der Waals surface area contributed by atoms with Crippen molar-refractivity contribution in [1.82, 2.24) is 0 Å². The van der Waals surface area contributed by atoms with E-state index in [2.05, 4.69) is 5.32 Å². The number of halogens is 3. The van der Waals surface area contributed by atoms with E-state index in [1.54, 1.807) is 6.07 Å². The van der Waals surface area contributed by atoms with E-state index in [0.717, 1.165) is 5.69 Å². The van der Waals surface area contributed by atoms with Crippen molar-refractivity contribution < 1.29 is 9.90 Å². The van der Waals surface area contributed by atoms with Gasteiger partial charge in [0.1, 0.15) is 5.75 Å². The number of rotatable bonds is 2. The number of hydrogen-bond donors (Lipinski definition) is 2. The zero-order valence-corrected chi connectivity index (χ0v) is 16.5. The summed E-state index contributed by atoms with van der Waals surface area (Å²) in [6.45, 7) is 0. The number of phenols is 1. The van der Waals surface area contributed by atoms with E-state index in [1.165, 1.54) is 12.1 Å². The van der Waals surface area contributed by atoms with Crippen molar-refractivity contribution in [2.24, 2.45) is 0 Å². The van der Waals surface area contributed by atoms with E-state index >= 15 is 0 Å². The zero-order valence-electron chi connectivity index (χ0n) is 14.3. The van der Waals surface area contributed by atoms with Crippen LogP contribution >= 0.6 is 34.8 Å². The predicted octanol–water partition coefficient (Wildman–Crippen LogP) is 6.72. The van der Waals surface area contributed by atoms with Crippen LogP contribution in [0.25, 0.3) is 16.5 Å². The number of anilines is 1. The Bertz CT molecular complexity index is 1250. The largest absolute Gasteiger partial charge is 0.507 e. The standard InChI is InChI=1S/C22H12Cl3NO2/c23-13-9-18(28)22-16(26-10-4-2-1-3-5-10)7-12-14(24)8-17(27)21-15(25)6-11(13)20(22)19(12)21/h1-9,12,26,28H/t12-/m0/s1. The van der Waals surface area contributed by atoms with Crippen molar-refractivity contribution in [2.75, 3.05) is 5.32 Å². The van der Waals surface area contributed by atoms with Crippen LogP contribution in [0.3, 0.4) is 0 Å². The highest BCUT2D eigenvalue weighted by Crippen LogP contribution is 2.52. The summed E-state index contributed by atoms with van der Waals surface area (Å²) < 4.78 is 0. The second-order valence-corrected chi connectivity index (χ2v) is 8.02. The van der Waals surface area contributed by atoms with Gasteiger partial charge in [0.05, 0.1) is 10.0 Å². The van der Waals surface area contributed by atoms with E-state index in [1.807, 2.05) is 36.4 Å². The second-order valence-electron chi connectivity index (χ2n) is 6.76. The minimum absolute atomic E-state index is 0.0216. The van der Waals surface area contributed by atoms with Crippen LogP contribution in [0.2, 0.25) is 10.0 Å². The lowest BCUT2D eigenvalue weighted by atomic mass is 9.77. The van der Waals surface area contributed by atoms with E-state index in [0.29, 0.717) is 48.2 Å². The van der Waals surface area contributed by atoms with Crippen LogP contribution in [-0.2, 0) is 0 Å². The first-order valence-electron chi connectivity index (χ1n) is 8.59. The fourth-order valence-electron chi connectivity index (χ4n) is 3.98. The van der Waals surface area contributed by atoms with E-state index in [4.69, 9.17) is 34.8 Å². The molecular formula is C22H12Cl3NO2. The van der Waals surface area contributed by atoms with Crippen molar-refractivity contribution in [3.63, 3.8) is 0 Å². The third-order valence-corrected chi connectivity index (χ3v) is 6.08. The first kappa shape index (κ1) is 17.6. The molecule has 0 saturated heterocycles. The molecule has 1 atom stereocenters. The summed E-state index contributed by atoms with van der Waals surface area (Å²) in [5, 5.41) is 16.5. The Kier molecular flexibility index (Phi) is 3.95. The zero-order chi connectivity index (χ0) is 19.6. The predicted molar refractivity (Wildman–Crippen MR) is 115 cm³/mol. The molecule has 0 bridgehead atoms. The van der Waals surface area contributed by atoms with Gasteiger partial charge in [-0.1, -0.05) is 53.0 Å². The molecule has 3 aromatic rings. The summed E-state index contributed by atoms with van der Waals surface area (Å²) in [6.07, 6.45) is 3.31. The van der Waals surface area contributed by atoms with Crippen LogP contribution in [0.5, 0.6) is 5.75 Å². The third-order valence-electron chi connectivity index (χ3n) is 5.12. The molecule has 5 rings (SSSR count). The minimum Gasteiger partial charge on any atom is -0.507 e. The Morgan fingerprint density at radius 2 is 1.71 bits per heavy atom. The summed E-state index contributed by atoms with van der Waals surface area (Å²) >= 11 is 19.3. The third kappa shape index (κ3) is 2.47. The Balaban J connectivity index is 1.87. The summed E-state index contributed by atoms with van der Waals surface area (Å²) in [5.74, 6) is -0.582. The van der Waals surface area contributed by atoms with Crippen LogP contribution in [-0.4, -0.2) is 10.9 Å². The number of aromatic hydroxyl groups is 1. The molecule has 0 unspecified atom stereocenters. The number of phenolic OH excluding ortho intramolecular Hbond substituents is 1. The molecule has 0 spiro atoms. The lowest BCUT2D eigenvalue weighted by Crippen LogP contribution is -2.18. The number of nitrogens with one attached hydrogen (secondary N) is 1. The van der Waals surface area contributed by atoms with Crippen LogP contribution in [0.1, 0.15) is 27.4 Å². The van der Waals surface area contributed by atoms with Crippen LogP contribution < -0.4 is 5.32 Å². The number of carbonyl (C=O) groups is 1. The maximum absolute atomic E-state index is 12.6. The van der Waals surface area contributed by atoms with Gasteiger partial charge < -0.3 is 10.4 Å². The lowest BCUT2D eigenvalue weighted by molar-refractivity contribution is 0.104. The second kappa shape index (κ2) is 6.28. The highest BCUT2D eigenvalue weighted by atomic mass is 35.5. The van der Waals surface area contributed by atoms with Crippen molar-refractivity contribution in [2.45, 2.75) is 5.92 Å². The number of hydrogen-bond acceptors (Lipinski definition) is 3. The van der Waals surface area contributed by atoms with Gasteiger partial charge in [-0.05, 0) is 35.9 Å². The molecule has 0 radical (unpaired) electrons. The minimum atomic E-state index is -0.354. The molecule has 0 heterocycles. The maximum Gasteiger partial charge on any atom is 0.188 e. The summed E-state index contributed by atoms with van der Waals surface area (Å²) in [4.78, 5) is 12.6. The quantitative estimate of drug-likeness (QED) is 0.476. The lowest BCUT2D eigenvalue weighted by Gasteiger charge is -2.31. The molecule has 2 N–H and O–H groups in total. The summed E-state index contributed by atoms with van der Waals surface area (Å²) in [7, 11) is 0. The fourth-order valence-corrected chi connectivity index (χ4v) is 4.81. The Morgan fingerprint density at radius 1 is 0.964 bits per heavy atom. The Morgan fingerprint density at radius 3 is 2.46 bits per heavy atom. The Hall–Kier alpha value is -2.46. The maximum atomic E-state index is 12.6. The van der Waals surface area contributed by atoms with Crippen LogP contribution in [0.4, 0.5) is 5.69 Å². The van der Waals surface area contributed by atoms with E-state index in [-0.39, 0.29) is 17.5 Å². The molecule has 0 aromatic heterocycles. The Labute approximate surface area is 175 Å². The van der Waals surface area contributed by atoms with Gasteiger partial charge in [0, 0.05) is 50.3 Å². The van der Waals surface area contributed by atoms with Crippen molar-refractivity contribution >= 4 is 62.7 Å². The molecule has 28 heavy (non-hydrogen) atoms. The first-order valence-corrected chi connectivity index (χ1v) is 9.72. The molecule has 0 aliphatic heterocycles. The van der Waals surface area contributed by atoms with Crippen LogP contribution in [0, 0.1) is 0 Å². The average Bonchev–Trinajstić information content (AvgIpc) is 2.65.